The molecule has 1 saturated heterocycles. The summed E-state index contributed by atoms with van der Waals surface area (Å²) in [6.07, 6.45) is 0.123. The zero-order valence-corrected chi connectivity index (χ0v) is 11.3. The van der Waals surface area contributed by atoms with Crippen LogP contribution in [0.3, 0.4) is 0 Å². The molecule has 17 heavy (non-hydrogen) atoms. The Bertz CT molecular complexity index is 367. The minimum Gasteiger partial charge on any atom is -0.497 e. The SMILES string of the molecule is COc1ccc(OCC2CNCCO2)c(Br)c1. The maximum atomic E-state index is 5.71. The third-order valence-corrected chi connectivity index (χ3v) is 3.19. The highest BCUT2D eigenvalue weighted by Crippen LogP contribution is 2.29. The minimum absolute atomic E-state index is 0.123. The minimum atomic E-state index is 0.123. The summed E-state index contributed by atoms with van der Waals surface area (Å²) < 4.78 is 17.3. The first kappa shape index (κ1) is 12.7. The van der Waals surface area contributed by atoms with Crippen molar-refractivity contribution in [2.24, 2.45) is 0 Å². The second-order valence-electron chi connectivity index (χ2n) is 3.80. The lowest BCUT2D eigenvalue weighted by Gasteiger charge is -2.23. The van der Waals surface area contributed by atoms with Crippen molar-refractivity contribution in [1.82, 2.24) is 5.32 Å². The molecular weight excluding hydrogens is 286 g/mol. The van der Waals surface area contributed by atoms with Crippen LogP contribution in [0.15, 0.2) is 22.7 Å². The Kier molecular flexibility index (Phi) is 4.65. The van der Waals surface area contributed by atoms with E-state index < -0.39 is 0 Å². The Hall–Kier alpha value is -0.780. The number of rotatable bonds is 4. The molecule has 0 radical (unpaired) electrons. The van der Waals surface area contributed by atoms with E-state index in [-0.39, 0.29) is 6.10 Å². The summed E-state index contributed by atoms with van der Waals surface area (Å²) in [4.78, 5) is 0. The molecule has 0 bridgehead atoms. The highest BCUT2D eigenvalue weighted by molar-refractivity contribution is 9.10. The predicted molar refractivity (Wildman–Crippen MR) is 68.8 cm³/mol. The highest BCUT2D eigenvalue weighted by atomic mass is 79.9. The van der Waals surface area contributed by atoms with Gasteiger partial charge in [0.05, 0.1) is 18.2 Å². The van der Waals surface area contributed by atoms with Gasteiger partial charge in [0.25, 0.3) is 0 Å². The van der Waals surface area contributed by atoms with E-state index in [0.29, 0.717) is 6.61 Å². The highest BCUT2D eigenvalue weighted by Gasteiger charge is 2.14. The average molecular weight is 302 g/mol. The van der Waals surface area contributed by atoms with E-state index in [9.17, 15) is 0 Å². The predicted octanol–water partition coefficient (Wildman–Crippen LogP) is 1.82. The van der Waals surface area contributed by atoms with Crippen LogP contribution in [0.2, 0.25) is 0 Å². The topological polar surface area (TPSA) is 39.7 Å². The fraction of sp³-hybridized carbons (Fsp3) is 0.500. The van der Waals surface area contributed by atoms with Gasteiger partial charge in [0, 0.05) is 13.1 Å². The van der Waals surface area contributed by atoms with Crippen molar-refractivity contribution >= 4 is 15.9 Å². The molecule has 1 aromatic carbocycles. The van der Waals surface area contributed by atoms with Gasteiger partial charge in [0.1, 0.15) is 24.2 Å². The first-order valence-corrected chi connectivity index (χ1v) is 6.37. The lowest BCUT2D eigenvalue weighted by molar-refractivity contribution is 0.0000354. The molecule has 1 atom stereocenters. The molecule has 2 rings (SSSR count). The lowest BCUT2D eigenvalue weighted by Crippen LogP contribution is -2.41. The van der Waals surface area contributed by atoms with Crippen LogP contribution in [0.1, 0.15) is 0 Å². The molecule has 0 aromatic heterocycles. The fourth-order valence-corrected chi connectivity index (χ4v) is 2.11. The van der Waals surface area contributed by atoms with Gasteiger partial charge in [-0.1, -0.05) is 0 Å². The maximum absolute atomic E-state index is 5.71. The summed E-state index contributed by atoms with van der Waals surface area (Å²) in [5.74, 6) is 1.61. The smallest absolute Gasteiger partial charge is 0.133 e. The monoisotopic (exact) mass is 301 g/mol. The molecule has 5 heteroatoms. The summed E-state index contributed by atoms with van der Waals surface area (Å²) in [6.45, 7) is 3.06. The normalized spacial score (nSPS) is 20.0. The van der Waals surface area contributed by atoms with Crippen LogP contribution in [-0.4, -0.2) is 39.5 Å². The standard InChI is InChI=1S/C12H16BrNO3/c1-15-9-2-3-12(11(13)6-9)17-8-10-7-14-4-5-16-10/h2-3,6,10,14H,4-5,7-8H2,1H3. The molecule has 1 fully saturated rings. The molecule has 4 nitrogen and oxygen atoms in total. The third-order valence-electron chi connectivity index (χ3n) is 2.57. The van der Waals surface area contributed by atoms with E-state index >= 15 is 0 Å². The Morgan fingerprint density at radius 2 is 2.41 bits per heavy atom. The summed E-state index contributed by atoms with van der Waals surface area (Å²) in [6, 6.07) is 5.65. The van der Waals surface area contributed by atoms with Crippen molar-refractivity contribution in [2.75, 3.05) is 33.4 Å². The number of nitrogens with one attached hydrogen (secondary N) is 1. The summed E-state index contributed by atoms with van der Waals surface area (Å²) in [5, 5.41) is 3.27. The first-order chi connectivity index (χ1) is 8.29. The second-order valence-corrected chi connectivity index (χ2v) is 4.66. The maximum Gasteiger partial charge on any atom is 0.133 e. The van der Waals surface area contributed by atoms with Gasteiger partial charge in [0.15, 0.2) is 0 Å². The third kappa shape index (κ3) is 3.59. The summed E-state index contributed by atoms with van der Waals surface area (Å²) in [5.41, 5.74) is 0. The Balaban J connectivity index is 1.89. The number of halogens is 1. The van der Waals surface area contributed by atoms with Crippen LogP contribution < -0.4 is 14.8 Å². The van der Waals surface area contributed by atoms with E-state index in [1.807, 2.05) is 18.2 Å². The van der Waals surface area contributed by atoms with Gasteiger partial charge in [-0.3, -0.25) is 0 Å². The molecule has 1 N–H and O–H groups in total. The van der Waals surface area contributed by atoms with E-state index in [1.165, 1.54) is 0 Å². The number of ether oxygens (including phenoxy) is 3. The molecule has 1 aliphatic heterocycles. The molecule has 1 unspecified atom stereocenters. The van der Waals surface area contributed by atoms with Crippen LogP contribution in [0.5, 0.6) is 11.5 Å². The molecule has 1 aromatic rings. The van der Waals surface area contributed by atoms with Crippen molar-refractivity contribution in [3.63, 3.8) is 0 Å². The molecular formula is C12H16BrNO3. The summed E-state index contributed by atoms with van der Waals surface area (Å²) in [7, 11) is 1.64. The summed E-state index contributed by atoms with van der Waals surface area (Å²) >= 11 is 3.45. The van der Waals surface area contributed by atoms with Gasteiger partial charge in [0.2, 0.25) is 0 Å². The quantitative estimate of drug-likeness (QED) is 0.921. The Morgan fingerprint density at radius 3 is 3.06 bits per heavy atom. The average Bonchev–Trinajstić information content (AvgIpc) is 2.38. The molecule has 0 spiro atoms. The van der Waals surface area contributed by atoms with Crippen molar-refractivity contribution in [1.29, 1.82) is 0 Å². The van der Waals surface area contributed by atoms with Gasteiger partial charge in [-0.2, -0.15) is 0 Å². The largest absolute Gasteiger partial charge is 0.497 e. The van der Waals surface area contributed by atoms with E-state index in [1.54, 1.807) is 7.11 Å². The van der Waals surface area contributed by atoms with E-state index in [2.05, 4.69) is 21.2 Å². The Labute approximate surface area is 109 Å². The van der Waals surface area contributed by atoms with Crippen LogP contribution in [0.25, 0.3) is 0 Å². The second kappa shape index (κ2) is 6.23. The number of methoxy groups -OCH3 is 1. The zero-order chi connectivity index (χ0) is 12.1. The number of hydrogen-bond donors (Lipinski definition) is 1. The van der Waals surface area contributed by atoms with Crippen LogP contribution in [0, 0.1) is 0 Å². The van der Waals surface area contributed by atoms with Gasteiger partial charge < -0.3 is 19.5 Å². The number of benzene rings is 1. The van der Waals surface area contributed by atoms with Crippen LogP contribution in [0.4, 0.5) is 0 Å². The van der Waals surface area contributed by atoms with E-state index in [0.717, 1.165) is 35.7 Å². The van der Waals surface area contributed by atoms with Crippen molar-refractivity contribution < 1.29 is 14.2 Å². The molecule has 0 saturated carbocycles. The number of morpholine rings is 1. The molecule has 1 heterocycles. The fourth-order valence-electron chi connectivity index (χ4n) is 1.64. The lowest BCUT2D eigenvalue weighted by atomic mass is 10.3. The molecule has 94 valence electrons. The van der Waals surface area contributed by atoms with Gasteiger partial charge in [-0.25, -0.2) is 0 Å². The Morgan fingerprint density at radius 1 is 1.53 bits per heavy atom. The van der Waals surface area contributed by atoms with Gasteiger partial charge in [-0.05, 0) is 34.1 Å². The zero-order valence-electron chi connectivity index (χ0n) is 9.74. The van der Waals surface area contributed by atoms with Crippen molar-refractivity contribution in [3.05, 3.63) is 22.7 Å². The van der Waals surface area contributed by atoms with Crippen LogP contribution in [-0.2, 0) is 4.74 Å². The van der Waals surface area contributed by atoms with E-state index in [4.69, 9.17) is 14.2 Å². The molecule has 0 aliphatic carbocycles. The van der Waals surface area contributed by atoms with Crippen molar-refractivity contribution in [2.45, 2.75) is 6.10 Å². The molecule has 0 amide bonds. The van der Waals surface area contributed by atoms with Crippen molar-refractivity contribution in [3.8, 4) is 11.5 Å². The van der Waals surface area contributed by atoms with Gasteiger partial charge in [-0.15, -0.1) is 0 Å². The number of hydrogen-bond acceptors (Lipinski definition) is 4. The molecule has 1 aliphatic rings. The van der Waals surface area contributed by atoms with Gasteiger partial charge >= 0.3 is 0 Å². The first-order valence-electron chi connectivity index (χ1n) is 5.58. The van der Waals surface area contributed by atoms with Crippen LogP contribution >= 0.6 is 15.9 Å².